The van der Waals surface area contributed by atoms with Gasteiger partial charge in [0.05, 0.1) is 22.2 Å². The predicted octanol–water partition coefficient (Wildman–Crippen LogP) is 2.21. The van der Waals surface area contributed by atoms with Gasteiger partial charge in [-0.25, -0.2) is 13.8 Å². The molecule has 4 rings (SSSR count). The Morgan fingerprint density at radius 1 is 1.05 bits per heavy atom. The molecule has 0 spiro atoms. The van der Waals surface area contributed by atoms with Gasteiger partial charge < -0.3 is 0 Å². The molecular formula is C15H6F2N2O2. The van der Waals surface area contributed by atoms with Gasteiger partial charge in [-0.3, -0.25) is 14.2 Å². The molecule has 2 aromatic carbocycles. The van der Waals surface area contributed by atoms with Crippen molar-refractivity contribution >= 4 is 16.7 Å². The van der Waals surface area contributed by atoms with E-state index in [4.69, 9.17) is 0 Å². The number of hydrogen-bond donors (Lipinski definition) is 0. The fourth-order valence-corrected chi connectivity index (χ4v) is 2.58. The number of para-hydroxylation sites is 1. The van der Waals surface area contributed by atoms with Crippen LogP contribution in [0.4, 0.5) is 8.78 Å². The highest BCUT2D eigenvalue weighted by molar-refractivity contribution is 6.13. The van der Waals surface area contributed by atoms with Crippen LogP contribution in [0.25, 0.3) is 16.6 Å². The highest BCUT2D eigenvalue weighted by Crippen LogP contribution is 2.29. The summed E-state index contributed by atoms with van der Waals surface area (Å²) in [6, 6.07) is 8.02. The third-order valence-corrected chi connectivity index (χ3v) is 3.48. The molecule has 0 N–H and O–H groups in total. The lowest BCUT2D eigenvalue weighted by Crippen LogP contribution is -2.22. The maximum Gasteiger partial charge on any atom is 0.266 e. The average Bonchev–Trinajstić information content (AvgIpc) is 2.74. The molecule has 6 heteroatoms. The predicted molar refractivity (Wildman–Crippen MR) is 70.7 cm³/mol. The summed E-state index contributed by atoms with van der Waals surface area (Å²) in [6.45, 7) is 0. The Kier molecular flexibility index (Phi) is 2.16. The summed E-state index contributed by atoms with van der Waals surface area (Å²) >= 11 is 0. The molecule has 1 aromatic heterocycles. The van der Waals surface area contributed by atoms with Crippen LogP contribution in [0.1, 0.15) is 16.2 Å². The van der Waals surface area contributed by atoms with Gasteiger partial charge >= 0.3 is 0 Å². The first kappa shape index (κ1) is 11.9. The summed E-state index contributed by atoms with van der Waals surface area (Å²) in [4.78, 5) is 28.8. The topological polar surface area (TPSA) is 52.0 Å². The van der Waals surface area contributed by atoms with Crippen molar-refractivity contribution in [2.75, 3.05) is 0 Å². The summed E-state index contributed by atoms with van der Waals surface area (Å²) < 4.78 is 28.2. The number of rotatable bonds is 0. The molecule has 1 aliphatic rings. The lowest BCUT2D eigenvalue weighted by atomic mass is 10.1. The first-order chi connectivity index (χ1) is 10.1. The summed E-state index contributed by atoms with van der Waals surface area (Å²) in [6.07, 6.45) is 0. The van der Waals surface area contributed by atoms with E-state index in [1.54, 1.807) is 24.3 Å². The van der Waals surface area contributed by atoms with E-state index < -0.39 is 23.0 Å². The number of nitrogens with zero attached hydrogens (tertiary/aromatic N) is 2. The van der Waals surface area contributed by atoms with Crippen molar-refractivity contribution in [3.8, 4) is 5.69 Å². The highest BCUT2D eigenvalue weighted by atomic mass is 19.1. The summed E-state index contributed by atoms with van der Waals surface area (Å²) in [7, 11) is 0. The molecule has 0 aliphatic carbocycles. The number of carbonyl (C=O) groups is 1. The van der Waals surface area contributed by atoms with Crippen molar-refractivity contribution < 1.29 is 13.6 Å². The van der Waals surface area contributed by atoms with E-state index in [0.29, 0.717) is 11.6 Å². The average molecular weight is 284 g/mol. The second kappa shape index (κ2) is 3.82. The lowest BCUT2D eigenvalue weighted by molar-refractivity contribution is 0.103. The zero-order valence-corrected chi connectivity index (χ0v) is 10.4. The highest BCUT2D eigenvalue weighted by Gasteiger charge is 2.33. The quantitative estimate of drug-likeness (QED) is 0.497. The second-order valence-corrected chi connectivity index (χ2v) is 4.71. The Hall–Kier alpha value is -2.89. The van der Waals surface area contributed by atoms with Gasteiger partial charge in [-0.2, -0.15) is 0 Å². The van der Waals surface area contributed by atoms with Gasteiger partial charge in [0.25, 0.3) is 5.56 Å². The fraction of sp³-hybridized carbons (Fsp3) is 0. The van der Waals surface area contributed by atoms with E-state index in [-0.39, 0.29) is 22.5 Å². The molecule has 0 fully saturated rings. The van der Waals surface area contributed by atoms with Crippen molar-refractivity contribution in [3.63, 3.8) is 0 Å². The standard InChI is InChI=1S/C15H6F2N2O2/c16-7-5-9-12(10(17)6-7)19-14(13(9)20)18-11-4-2-1-3-8(11)15(19)21/h1-6H. The van der Waals surface area contributed by atoms with Crippen LogP contribution in [0.5, 0.6) is 0 Å². The molecule has 1 aliphatic heterocycles. The number of ketones is 1. The van der Waals surface area contributed by atoms with E-state index in [2.05, 4.69) is 4.98 Å². The third kappa shape index (κ3) is 1.44. The van der Waals surface area contributed by atoms with Crippen LogP contribution in [0, 0.1) is 11.6 Å². The number of fused-ring (bicyclic) bond motifs is 4. The van der Waals surface area contributed by atoms with Gasteiger partial charge in [-0.15, -0.1) is 0 Å². The molecule has 0 saturated heterocycles. The molecular weight excluding hydrogens is 278 g/mol. The minimum Gasteiger partial charge on any atom is -0.285 e. The van der Waals surface area contributed by atoms with Crippen LogP contribution in [-0.4, -0.2) is 15.3 Å². The maximum absolute atomic E-state index is 14.0. The van der Waals surface area contributed by atoms with Crippen LogP contribution in [0.3, 0.4) is 0 Å². The van der Waals surface area contributed by atoms with E-state index in [1.165, 1.54) is 0 Å². The number of carbonyl (C=O) groups excluding carboxylic acids is 1. The molecule has 0 bridgehead atoms. The monoisotopic (exact) mass is 284 g/mol. The molecule has 0 unspecified atom stereocenters. The zero-order valence-electron chi connectivity index (χ0n) is 10.4. The van der Waals surface area contributed by atoms with E-state index in [9.17, 15) is 18.4 Å². The summed E-state index contributed by atoms with van der Waals surface area (Å²) in [5, 5.41) is 0.269. The van der Waals surface area contributed by atoms with Crippen LogP contribution in [0.15, 0.2) is 41.2 Å². The van der Waals surface area contributed by atoms with Gasteiger partial charge in [0.1, 0.15) is 5.82 Å². The van der Waals surface area contributed by atoms with Crippen molar-refractivity contribution in [1.29, 1.82) is 0 Å². The minimum atomic E-state index is -0.962. The molecule has 2 heterocycles. The van der Waals surface area contributed by atoms with Crippen LogP contribution in [-0.2, 0) is 0 Å². The van der Waals surface area contributed by atoms with Crippen molar-refractivity contribution in [2.24, 2.45) is 0 Å². The molecule has 21 heavy (non-hydrogen) atoms. The van der Waals surface area contributed by atoms with E-state index in [0.717, 1.165) is 10.6 Å². The number of aromatic nitrogens is 2. The van der Waals surface area contributed by atoms with Gasteiger partial charge in [-0.05, 0) is 18.2 Å². The Bertz CT molecular complexity index is 1010. The third-order valence-electron chi connectivity index (χ3n) is 3.48. The number of benzene rings is 2. The number of hydrogen-bond acceptors (Lipinski definition) is 3. The zero-order chi connectivity index (χ0) is 14.7. The van der Waals surface area contributed by atoms with E-state index >= 15 is 0 Å². The SMILES string of the molecule is O=C1c2cc(F)cc(F)c2-n2c1nc1ccccc1c2=O. The summed E-state index contributed by atoms with van der Waals surface area (Å²) in [5.41, 5.74) is -0.629. The Balaban J connectivity index is 2.22. The molecule has 0 amide bonds. The van der Waals surface area contributed by atoms with Gasteiger partial charge in [0.2, 0.25) is 5.78 Å². The second-order valence-electron chi connectivity index (χ2n) is 4.71. The first-order valence-electron chi connectivity index (χ1n) is 6.14. The van der Waals surface area contributed by atoms with Crippen molar-refractivity contribution in [2.45, 2.75) is 0 Å². The van der Waals surface area contributed by atoms with Crippen LogP contribution < -0.4 is 5.56 Å². The number of halogens is 2. The smallest absolute Gasteiger partial charge is 0.266 e. The fourth-order valence-electron chi connectivity index (χ4n) is 2.58. The molecule has 3 aromatic rings. The van der Waals surface area contributed by atoms with Crippen molar-refractivity contribution in [1.82, 2.24) is 9.55 Å². The Morgan fingerprint density at radius 2 is 1.81 bits per heavy atom. The molecule has 0 saturated carbocycles. The summed E-state index contributed by atoms with van der Waals surface area (Å²) in [5.74, 6) is -2.69. The normalized spacial score (nSPS) is 12.6. The molecule has 0 atom stereocenters. The van der Waals surface area contributed by atoms with Crippen LogP contribution in [0.2, 0.25) is 0 Å². The first-order valence-corrected chi connectivity index (χ1v) is 6.14. The minimum absolute atomic E-state index is 0.188. The van der Waals surface area contributed by atoms with Gasteiger partial charge in [-0.1, -0.05) is 12.1 Å². The van der Waals surface area contributed by atoms with E-state index in [1.807, 2.05) is 0 Å². The lowest BCUT2D eigenvalue weighted by Gasteiger charge is -2.06. The molecule has 0 radical (unpaired) electrons. The Morgan fingerprint density at radius 3 is 2.62 bits per heavy atom. The van der Waals surface area contributed by atoms with Gasteiger partial charge in [0, 0.05) is 6.07 Å². The largest absolute Gasteiger partial charge is 0.285 e. The van der Waals surface area contributed by atoms with Crippen molar-refractivity contribution in [3.05, 3.63) is 69.8 Å². The maximum atomic E-state index is 14.0. The molecule has 102 valence electrons. The molecule has 4 nitrogen and oxygen atoms in total. The van der Waals surface area contributed by atoms with Crippen LogP contribution >= 0.6 is 0 Å². The van der Waals surface area contributed by atoms with Gasteiger partial charge in [0.15, 0.2) is 11.6 Å². The Labute approximate surface area is 116 Å².